The van der Waals surface area contributed by atoms with Gasteiger partial charge in [-0.3, -0.25) is 9.35 Å². The van der Waals surface area contributed by atoms with E-state index in [-0.39, 0.29) is 12.0 Å². The van der Waals surface area contributed by atoms with Gasteiger partial charge in [-0.25, -0.2) is 0 Å². The fourth-order valence-electron chi connectivity index (χ4n) is 6.01. The zero-order valence-electron chi connectivity index (χ0n) is 20.7. The van der Waals surface area contributed by atoms with E-state index in [2.05, 4.69) is 63.0 Å². The molecule has 2 N–H and O–H groups in total. The van der Waals surface area contributed by atoms with Crippen LogP contribution in [0.3, 0.4) is 0 Å². The van der Waals surface area contributed by atoms with Crippen molar-refractivity contribution in [2.75, 3.05) is 33.0 Å². The number of ether oxygens (including phenoxy) is 1. The lowest BCUT2D eigenvalue weighted by Crippen LogP contribution is -2.49. The second-order valence-corrected chi connectivity index (χ2v) is 12.4. The second-order valence-electron chi connectivity index (χ2n) is 10.2. The molecule has 0 radical (unpaired) electrons. The third-order valence-electron chi connectivity index (χ3n) is 7.56. The molecule has 1 aliphatic carbocycles. The van der Waals surface area contributed by atoms with Gasteiger partial charge in [0.15, 0.2) is 0 Å². The summed E-state index contributed by atoms with van der Waals surface area (Å²) in [6.45, 7) is 2.45. The highest BCUT2D eigenvalue weighted by molar-refractivity contribution is 9.10. The lowest BCUT2D eigenvalue weighted by Gasteiger charge is -2.45. The van der Waals surface area contributed by atoms with E-state index in [1.807, 2.05) is 0 Å². The molecule has 2 unspecified atom stereocenters. The number of hydrogen-bond donors (Lipinski definition) is 2. The van der Waals surface area contributed by atoms with Crippen LogP contribution in [0.4, 0.5) is 0 Å². The van der Waals surface area contributed by atoms with Crippen LogP contribution < -0.4 is 5.32 Å². The molecule has 0 bridgehead atoms. The number of piperidine rings is 1. The molecule has 5 rings (SSSR count). The highest BCUT2D eigenvalue weighted by Gasteiger charge is 2.41. The number of nitrogens with one attached hydrogen (secondary N) is 1. The van der Waals surface area contributed by atoms with Gasteiger partial charge in [0.1, 0.15) is 6.04 Å². The van der Waals surface area contributed by atoms with Gasteiger partial charge in [0.25, 0.3) is 10.1 Å². The van der Waals surface area contributed by atoms with Crippen LogP contribution in [0.1, 0.15) is 49.1 Å². The Balaban J connectivity index is 0.000000527. The molecule has 194 valence electrons. The topological polar surface area (TPSA) is 101 Å². The van der Waals surface area contributed by atoms with Crippen molar-refractivity contribution in [3.63, 3.8) is 0 Å². The number of carbonyl (C=O) groups excluding carboxylic acids is 1. The molecule has 3 aliphatic rings. The lowest BCUT2D eigenvalue weighted by atomic mass is 9.72. The number of likely N-dealkylation sites (N-methyl/N-ethyl adjacent to an activating group) is 1. The van der Waals surface area contributed by atoms with Crippen molar-refractivity contribution in [2.45, 2.75) is 56.5 Å². The molecule has 8 nitrogen and oxygen atoms in total. The highest BCUT2D eigenvalue weighted by Crippen LogP contribution is 2.47. The first kappa shape index (κ1) is 26.6. The van der Waals surface area contributed by atoms with Gasteiger partial charge in [-0.05, 0) is 72.4 Å². The molecule has 2 saturated heterocycles. The van der Waals surface area contributed by atoms with Gasteiger partial charge in [0, 0.05) is 42.4 Å². The fraction of sp³-hybridized carbons (Fsp3) is 0.640. The normalized spacial score (nSPS) is 26.9. The molecule has 2 aliphatic heterocycles. The molecule has 3 heterocycles. The molecule has 2 aromatic rings. The van der Waals surface area contributed by atoms with Crippen LogP contribution in [0.25, 0.3) is 10.9 Å². The summed E-state index contributed by atoms with van der Waals surface area (Å²) in [6.07, 6.45) is 7.26. The number of likely N-dealkylation sites (tertiary alicyclic amines) is 1. The minimum absolute atomic E-state index is 0.0540. The average molecular weight is 571 g/mol. The number of aromatic nitrogens is 1. The van der Waals surface area contributed by atoms with Gasteiger partial charge in [-0.2, -0.15) is 8.42 Å². The van der Waals surface area contributed by atoms with E-state index in [9.17, 15) is 13.2 Å². The first-order chi connectivity index (χ1) is 16.5. The Labute approximate surface area is 216 Å². The maximum atomic E-state index is 12.6. The van der Waals surface area contributed by atoms with E-state index in [4.69, 9.17) is 9.29 Å². The number of rotatable bonds is 3. The Bertz CT molecular complexity index is 1170. The predicted octanol–water partition coefficient (Wildman–Crippen LogP) is 3.48. The van der Waals surface area contributed by atoms with E-state index in [1.165, 1.54) is 33.1 Å². The van der Waals surface area contributed by atoms with Crippen LogP contribution in [-0.2, 0) is 33.1 Å². The highest BCUT2D eigenvalue weighted by atomic mass is 79.9. The number of nitrogens with zero attached hydrogens (tertiary/aromatic N) is 2. The van der Waals surface area contributed by atoms with Gasteiger partial charge >= 0.3 is 5.97 Å². The average Bonchev–Trinajstić information content (AvgIpc) is 2.98. The molecular formula is C25H36BrN3O5S. The minimum atomic E-state index is -3.67. The van der Waals surface area contributed by atoms with Gasteiger partial charge < -0.3 is 19.5 Å². The van der Waals surface area contributed by atoms with Gasteiger partial charge in [-0.15, -0.1) is 0 Å². The van der Waals surface area contributed by atoms with Crippen molar-refractivity contribution in [2.24, 2.45) is 13.0 Å². The minimum Gasteiger partial charge on any atom is -0.464 e. The SMILES string of the molecule is CN1C[C@H](COC(=O)C2CCCCCN2)CC2c3cccc4c3c(c(Br)n4C)C[C@H]21.CS(=O)(=O)O. The Morgan fingerprint density at radius 2 is 2.00 bits per heavy atom. The van der Waals surface area contributed by atoms with Crippen molar-refractivity contribution in [3.8, 4) is 0 Å². The first-order valence-electron chi connectivity index (χ1n) is 12.3. The molecule has 1 aromatic heterocycles. The zero-order valence-corrected chi connectivity index (χ0v) is 23.1. The Morgan fingerprint density at radius 1 is 1.26 bits per heavy atom. The molecule has 10 heteroatoms. The molecule has 0 saturated carbocycles. The van der Waals surface area contributed by atoms with Crippen LogP contribution in [0, 0.1) is 5.92 Å². The van der Waals surface area contributed by atoms with Gasteiger partial charge in [-0.1, -0.05) is 25.0 Å². The van der Waals surface area contributed by atoms with Crippen LogP contribution in [-0.4, -0.2) is 73.5 Å². The van der Waals surface area contributed by atoms with Gasteiger partial charge in [0.2, 0.25) is 0 Å². The summed E-state index contributed by atoms with van der Waals surface area (Å²) >= 11 is 3.84. The Morgan fingerprint density at radius 3 is 2.74 bits per heavy atom. The molecule has 4 atom stereocenters. The largest absolute Gasteiger partial charge is 0.464 e. The quantitative estimate of drug-likeness (QED) is 0.431. The summed E-state index contributed by atoms with van der Waals surface area (Å²) in [5, 5.41) is 4.80. The first-order valence-corrected chi connectivity index (χ1v) is 15.0. The van der Waals surface area contributed by atoms with E-state index >= 15 is 0 Å². The van der Waals surface area contributed by atoms with Crippen LogP contribution >= 0.6 is 15.9 Å². The zero-order chi connectivity index (χ0) is 25.3. The summed E-state index contributed by atoms with van der Waals surface area (Å²) < 4.78 is 35.2. The molecule has 0 spiro atoms. The third kappa shape index (κ3) is 6.10. The molecule has 1 aromatic carbocycles. The molecule has 0 amide bonds. The summed E-state index contributed by atoms with van der Waals surface area (Å²) in [7, 11) is 0.711. The van der Waals surface area contributed by atoms with Crippen molar-refractivity contribution in [1.29, 1.82) is 0 Å². The van der Waals surface area contributed by atoms with Crippen LogP contribution in [0.2, 0.25) is 0 Å². The maximum absolute atomic E-state index is 12.6. The standard InChI is InChI=1S/C24H32BrN3O2.CH4O3S/c1-27-13-15(14-30-24(29)19-8-4-3-5-10-26-19)11-17-16-7-6-9-20-22(16)18(12-21(17)27)23(25)28(20)2;1-5(2,3)4/h6-7,9,15,17,19,21,26H,3-5,8,10-14H2,1-2H3;1H3,(H,2,3,4)/t15-,17?,19?,21-;/m1./s1. The Kier molecular flexibility index (Phi) is 8.27. The van der Waals surface area contributed by atoms with Crippen LogP contribution in [0.15, 0.2) is 22.8 Å². The monoisotopic (exact) mass is 569 g/mol. The van der Waals surface area contributed by atoms with E-state index in [0.717, 1.165) is 45.2 Å². The number of hydrogen-bond acceptors (Lipinski definition) is 6. The second kappa shape index (κ2) is 10.9. The maximum Gasteiger partial charge on any atom is 0.323 e. The predicted molar refractivity (Wildman–Crippen MR) is 140 cm³/mol. The van der Waals surface area contributed by atoms with Gasteiger partial charge in [0.05, 0.1) is 17.5 Å². The molecule has 35 heavy (non-hydrogen) atoms. The summed E-state index contributed by atoms with van der Waals surface area (Å²) in [6, 6.07) is 7.12. The molecule has 2 fully saturated rings. The summed E-state index contributed by atoms with van der Waals surface area (Å²) in [5.41, 5.74) is 4.22. The fourth-order valence-corrected chi connectivity index (χ4v) is 6.56. The van der Waals surface area contributed by atoms with Crippen molar-refractivity contribution in [1.82, 2.24) is 14.8 Å². The molecular weight excluding hydrogens is 534 g/mol. The number of fused-ring (bicyclic) bond motifs is 2. The van der Waals surface area contributed by atoms with E-state index in [1.54, 1.807) is 0 Å². The number of carbonyl (C=O) groups is 1. The Hall–Kier alpha value is -1.46. The lowest BCUT2D eigenvalue weighted by molar-refractivity contribution is -0.148. The van der Waals surface area contributed by atoms with Crippen molar-refractivity contribution < 1.29 is 22.5 Å². The smallest absolute Gasteiger partial charge is 0.323 e. The van der Waals surface area contributed by atoms with Crippen molar-refractivity contribution >= 4 is 42.9 Å². The van der Waals surface area contributed by atoms with E-state index in [0.29, 0.717) is 30.7 Å². The third-order valence-corrected chi connectivity index (χ3v) is 8.57. The van der Waals surface area contributed by atoms with Crippen LogP contribution in [0.5, 0.6) is 0 Å². The summed E-state index contributed by atoms with van der Waals surface area (Å²) in [5.74, 6) is 0.825. The number of esters is 1. The number of halogens is 1. The summed E-state index contributed by atoms with van der Waals surface area (Å²) in [4.78, 5) is 15.1. The number of aryl methyl sites for hydroxylation is 1. The van der Waals surface area contributed by atoms with E-state index < -0.39 is 10.1 Å². The number of benzene rings is 1. The van der Waals surface area contributed by atoms with Crippen molar-refractivity contribution in [3.05, 3.63) is 33.9 Å².